The topological polar surface area (TPSA) is 89.5 Å². The van der Waals surface area contributed by atoms with Gasteiger partial charge in [-0.15, -0.1) is 0 Å². The summed E-state index contributed by atoms with van der Waals surface area (Å²) in [6.45, 7) is 0.228. The zero-order valence-electron chi connectivity index (χ0n) is 15.0. The molecule has 0 atom stereocenters. The number of ether oxygens (including phenoxy) is 2. The lowest BCUT2D eigenvalue weighted by Crippen LogP contribution is -2.44. The van der Waals surface area contributed by atoms with Gasteiger partial charge in [0.2, 0.25) is 0 Å². The summed E-state index contributed by atoms with van der Waals surface area (Å²) in [7, 11) is 0. The molecule has 0 aliphatic rings. The van der Waals surface area contributed by atoms with Crippen LogP contribution < -0.4 is 20.3 Å². The van der Waals surface area contributed by atoms with Crippen LogP contribution in [0.4, 0.5) is 0 Å². The van der Waals surface area contributed by atoms with E-state index in [1.807, 2.05) is 30.3 Å². The molecule has 142 valence electrons. The van der Waals surface area contributed by atoms with Gasteiger partial charge in [0, 0.05) is 6.20 Å². The van der Waals surface area contributed by atoms with Crippen molar-refractivity contribution in [2.75, 3.05) is 6.61 Å². The molecule has 0 saturated heterocycles. The van der Waals surface area contributed by atoms with Gasteiger partial charge in [0.1, 0.15) is 23.8 Å². The van der Waals surface area contributed by atoms with E-state index in [0.717, 1.165) is 5.56 Å². The number of benzene rings is 2. The number of rotatable bonds is 7. The number of carbonyl (C=O) groups is 2. The highest BCUT2D eigenvalue weighted by molar-refractivity contribution is 5.93. The first kappa shape index (κ1) is 18.9. The second-order valence-electron chi connectivity index (χ2n) is 5.75. The van der Waals surface area contributed by atoms with E-state index in [0.29, 0.717) is 18.1 Å². The van der Waals surface area contributed by atoms with Gasteiger partial charge in [0.25, 0.3) is 11.8 Å². The largest absolute Gasteiger partial charge is 0.489 e. The maximum atomic E-state index is 11.8. The third-order valence-corrected chi connectivity index (χ3v) is 3.65. The predicted octanol–water partition coefficient (Wildman–Crippen LogP) is 2.50. The molecule has 1 heterocycles. The van der Waals surface area contributed by atoms with E-state index in [9.17, 15) is 9.59 Å². The van der Waals surface area contributed by atoms with Gasteiger partial charge < -0.3 is 9.47 Å². The average molecular weight is 377 g/mol. The minimum Gasteiger partial charge on any atom is -0.489 e. The molecule has 0 aliphatic heterocycles. The Kier molecular flexibility index (Phi) is 6.57. The van der Waals surface area contributed by atoms with Crippen LogP contribution in [-0.2, 0) is 11.4 Å². The van der Waals surface area contributed by atoms with Gasteiger partial charge in [-0.3, -0.25) is 25.4 Å². The maximum Gasteiger partial charge on any atom is 0.288 e. The molecular weight excluding hydrogens is 358 g/mol. The van der Waals surface area contributed by atoms with Crippen LogP contribution in [0, 0.1) is 0 Å². The molecule has 0 fully saturated rings. The van der Waals surface area contributed by atoms with Crippen LogP contribution in [0.5, 0.6) is 11.5 Å². The van der Waals surface area contributed by atoms with Crippen molar-refractivity contribution >= 4 is 11.8 Å². The molecule has 3 aromatic rings. The summed E-state index contributed by atoms with van der Waals surface area (Å²) in [5.41, 5.74) is 5.83. The number of nitrogens with zero attached hydrogens (tertiary/aromatic N) is 1. The number of nitrogens with one attached hydrogen (secondary N) is 2. The maximum absolute atomic E-state index is 11.8. The van der Waals surface area contributed by atoms with Crippen molar-refractivity contribution in [3.63, 3.8) is 0 Å². The summed E-state index contributed by atoms with van der Waals surface area (Å²) in [6.07, 6.45) is 1.49. The molecular formula is C21H19N3O4. The molecule has 7 heteroatoms. The standard InChI is InChI=1S/C21H19N3O4/c25-20(23-24-21(26)19-8-4-5-13-22-19)15-28-18-11-9-17(10-12-18)27-14-16-6-2-1-3-7-16/h1-13H,14-15H2,(H,23,25)(H,24,26). The molecule has 1 aromatic heterocycles. The first-order valence-corrected chi connectivity index (χ1v) is 8.60. The van der Waals surface area contributed by atoms with Gasteiger partial charge >= 0.3 is 0 Å². The van der Waals surface area contributed by atoms with E-state index in [1.54, 1.807) is 42.5 Å². The van der Waals surface area contributed by atoms with Gasteiger partial charge in [-0.1, -0.05) is 36.4 Å². The Morgan fingerprint density at radius 3 is 2.14 bits per heavy atom. The molecule has 0 spiro atoms. The molecule has 0 aliphatic carbocycles. The molecule has 2 aromatic carbocycles. The van der Waals surface area contributed by atoms with Crippen LogP contribution in [0.15, 0.2) is 79.0 Å². The van der Waals surface area contributed by atoms with Crippen molar-refractivity contribution in [3.05, 3.63) is 90.3 Å². The van der Waals surface area contributed by atoms with Crippen molar-refractivity contribution < 1.29 is 19.1 Å². The van der Waals surface area contributed by atoms with Gasteiger partial charge in [-0.25, -0.2) is 0 Å². The highest BCUT2D eigenvalue weighted by Gasteiger charge is 2.08. The van der Waals surface area contributed by atoms with Crippen molar-refractivity contribution in [2.24, 2.45) is 0 Å². The van der Waals surface area contributed by atoms with Crippen molar-refractivity contribution in [3.8, 4) is 11.5 Å². The Morgan fingerprint density at radius 1 is 0.786 bits per heavy atom. The molecule has 7 nitrogen and oxygen atoms in total. The number of carbonyl (C=O) groups excluding carboxylic acids is 2. The molecule has 0 radical (unpaired) electrons. The Bertz CT molecular complexity index is 900. The Balaban J connectivity index is 1.39. The second kappa shape index (κ2) is 9.72. The molecule has 2 amide bonds. The van der Waals surface area contributed by atoms with E-state index < -0.39 is 11.8 Å². The Hall–Kier alpha value is -3.87. The lowest BCUT2D eigenvalue weighted by atomic mass is 10.2. The lowest BCUT2D eigenvalue weighted by molar-refractivity contribution is -0.123. The minimum atomic E-state index is -0.506. The fourth-order valence-corrected chi connectivity index (χ4v) is 2.25. The number of amides is 2. The second-order valence-corrected chi connectivity index (χ2v) is 5.75. The monoisotopic (exact) mass is 377 g/mol. The Labute approximate surface area is 162 Å². The molecule has 3 rings (SSSR count). The molecule has 0 saturated carbocycles. The van der Waals surface area contributed by atoms with Gasteiger partial charge in [-0.2, -0.15) is 0 Å². The zero-order valence-corrected chi connectivity index (χ0v) is 15.0. The van der Waals surface area contributed by atoms with Gasteiger partial charge in [0.05, 0.1) is 0 Å². The molecule has 0 bridgehead atoms. The summed E-state index contributed by atoms with van der Waals surface area (Å²) in [5, 5.41) is 0. The fraction of sp³-hybridized carbons (Fsp3) is 0.0952. The molecule has 0 unspecified atom stereocenters. The van der Waals surface area contributed by atoms with E-state index in [-0.39, 0.29) is 12.3 Å². The lowest BCUT2D eigenvalue weighted by Gasteiger charge is -2.10. The number of hydrogen-bond donors (Lipinski definition) is 2. The first-order chi connectivity index (χ1) is 13.7. The predicted molar refractivity (Wildman–Crippen MR) is 103 cm³/mol. The van der Waals surface area contributed by atoms with Crippen LogP contribution in [0.1, 0.15) is 16.1 Å². The van der Waals surface area contributed by atoms with Crippen molar-refractivity contribution in [2.45, 2.75) is 6.61 Å². The van der Waals surface area contributed by atoms with Crippen LogP contribution >= 0.6 is 0 Å². The normalized spacial score (nSPS) is 10.0. The molecule has 28 heavy (non-hydrogen) atoms. The average Bonchev–Trinajstić information content (AvgIpc) is 2.76. The van der Waals surface area contributed by atoms with E-state index in [1.165, 1.54) is 6.20 Å². The van der Waals surface area contributed by atoms with Crippen LogP contribution in [-0.4, -0.2) is 23.4 Å². The molecule has 2 N–H and O–H groups in total. The van der Waals surface area contributed by atoms with Crippen LogP contribution in [0.3, 0.4) is 0 Å². The first-order valence-electron chi connectivity index (χ1n) is 8.60. The van der Waals surface area contributed by atoms with Crippen LogP contribution in [0.25, 0.3) is 0 Å². The number of aromatic nitrogens is 1. The summed E-state index contributed by atoms with van der Waals surface area (Å²) in [6, 6.07) is 21.7. The fourth-order valence-electron chi connectivity index (χ4n) is 2.25. The smallest absolute Gasteiger partial charge is 0.288 e. The summed E-state index contributed by atoms with van der Waals surface area (Å²) < 4.78 is 11.1. The van der Waals surface area contributed by atoms with Gasteiger partial charge in [0.15, 0.2) is 6.61 Å². The van der Waals surface area contributed by atoms with E-state index in [4.69, 9.17) is 9.47 Å². The van der Waals surface area contributed by atoms with E-state index >= 15 is 0 Å². The zero-order chi connectivity index (χ0) is 19.6. The quantitative estimate of drug-likeness (QED) is 0.618. The number of hydrogen-bond acceptors (Lipinski definition) is 5. The Morgan fingerprint density at radius 2 is 1.46 bits per heavy atom. The van der Waals surface area contributed by atoms with Crippen molar-refractivity contribution in [1.82, 2.24) is 15.8 Å². The van der Waals surface area contributed by atoms with Gasteiger partial charge in [-0.05, 0) is 42.0 Å². The number of hydrazine groups is 1. The third kappa shape index (κ3) is 5.84. The van der Waals surface area contributed by atoms with Crippen LogP contribution in [0.2, 0.25) is 0 Å². The van der Waals surface area contributed by atoms with Crippen molar-refractivity contribution in [1.29, 1.82) is 0 Å². The summed E-state index contributed by atoms with van der Waals surface area (Å²) in [4.78, 5) is 27.5. The minimum absolute atomic E-state index is 0.204. The SMILES string of the molecule is O=C(COc1ccc(OCc2ccccc2)cc1)NNC(=O)c1ccccn1. The number of pyridine rings is 1. The summed E-state index contributed by atoms with van der Waals surface area (Å²) in [5.74, 6) is 0.212. The summed E-state index contributed by atoms with van der Waals surface area (Å²) >= 11 is 0. The highest BCUT2D eigenvalue weighted by Crippen LogP contribution is 2.18. The van der Waals surface area contributed by atoms with E-state index in [2.05, 4.69) is 15.8 Å². The highest BCUT2D eigenvalue weighted by atomic mass is 16.5. The third-order valence-electron chi connectivity index (χ3n) is 3.65.